The predicted octanol–water partition coefficient (Wildman–Crippen LogP) is 2.95. The highest BCUT2D eigenvalue weighted by molar-refractivity contribution is 6.23. The summed E-state index contributed by atoms with van der Waals surface area (Å²) in [6, 6.07) is 13.8. The van der Waals surface area contributed by atoms with Crippen LogP contribution in [0.3, 0.4) is 0 Å². The van der Waals surface area contributed by atoms with E-state index in [0.29, 0.717) is 0 Å². The molecule has 0 saturated heterocycles. The highest BCUT2D eigenvalue weighted by Crippen LogP contribution is 2.40. The van der Waals surface area contributed by atoms with Crippen LogP contribution in [0, 0.1) is 17.2 Å². The zero-order valence-corrected chi connectivity index (χ0v) is 12.4. The molecule has 4 heteroatoms. The van der Waals surface area contributed by atoms with Gasteiger partial charge in [-0.05, 0) is 41.2 Å². The molecule has 1 unspecified atom stereocenters. The van der Waals surface area contributed by atoms with E-state index in [2.05, 4.69) is 22.1 Å². The molecule has 2 aliphatic rings. The summed E-state index contributed by atoms with van der Waals surface area (Å²) in [7, 11) is 0. The molecule has 0 bridgehead atoms. The molecular formula is C19H13N3O. The molecule has 1 aromatic carbocycles. The van der Waals surface area contributed by atoms with Crippen LogP contribution in [-0.2, 0) is 11.2 Å². The van der Waals surface area contributed by atoms with E-state index < -0.39 is 5.91 Å². The number of carbonyl (C=O) groups excluding carboxylic acids is 1. The predicted molar refractivity (Wildman–Crippen MR) is 86.6 cm³/mol. The lowest BCUT2D eigenvalue weighted by atomic mass is 9.73. The number of fused-ring (bicyclic) bond motifs is 3. The number of amides is 1. The summed E-state index contributed by atoms with van der Waals surface area (Å²) in [5.74, 6) is -0.476. The van der Waals surface area contributed by atoms with Crippen molar-refractivity contribution in [3.63, 3.8) is 0 Å². The number of allylic oxidation sites excluding steroid dienone is 1. The van der Waals surface area contributed by atoms with E-state index in [-0.39, 0.29) is 11.5 Å². The summed E-state index contributed by atoms with van der Waals surface area (Å²) < 4.78 is 0. The molecule has 0 fully saturated rings. The molecule has 2 aromatic rings. The molecule has 1 aliphatic heterocycles. The Kier molecular flexibility index (Phi) is 3.13. The van der Waals surface area contributed by atoms with E-state index in [1.54, 1.807) is 12.4 Å². The first-order valence-corrected chi connectivity index (χ1v) is 7.55. The maximum Gasteiger partial charge on any atom is 0.288 e. The van der Waals surface area contributed by atoms with Gasteiger partial charge in [-0.15, -0.1) is 0 Å². The molecular weight excluding hydrogens is 286 g/mol. The van der Waals surface area contributed by atoms with Crippen LogP contribution < -0.4 is 0 Å². The third kappa shape index (κ3) is 2.09. The minimum atomic E-state index is -0.450. The number of benzene rings is 1. The number of nitrogens with zero attached hydrogens (tertiary/aromatic N) is 3. The third-order valence-corrected chi connectivity index (χ3v) is 4.46. The minimum absolute atomic E-state index is 0.0264. The fourth-order valence-electron chi connectivity index (χ4n) is 3.46. The lowest BCUT2D eigenvalue weighted by molar-refractivity contribution is -0.114. The number of aliphatic imine (C=N–C) groups is 1. The molecule has 0 radical (unpaired) electrons. The molecule has 1 atom stereocenters. The van der Waals surface area contributed by atoms with Gasteiger partial charge in [-0.3, -0.25) is 9.78 Å². The Hall–Kier alpha value is -3.06. The Bertz CT molecular complexity index is 904. The molecule has 0 saturated carbocycles. The second-order valence-corrected chi connectivity index (χ2v) is 5.69. The van der Waals surface area contributed by atoms with Gasteiger partial charge in [0.25, 0.3) is 5.91 Å². The van der Waals surface area contributed by atoms with E-state index in [9.17, 15) is 10.1 Å². The second kappa shape index (κ2) is 5.29. The number of rotatable bonds is 1. The molecule has 1 amide bonds. The summed E-state index contributed by atoms with van der Waals surface area (Å²) in [6.45, 7) is 0. The largest absolute Gasteiger partial charge is 0.288 e. The van der Waals surface area contributed by atoms with Crippen molar-refractivity contribution in [3.05, 3.63) is 71.1 Å². The topological polar surface area (TPSA) is 66.1 Å². The number of carbonyl (C=O) groups is 1. The van der Waals surface area contributed by atoms with Gasteiger partial charge >= 0.3 is 0 Å². The molecule has 23 heavy (non-hydrogen) atoms. The fourth-order valence-corrected chi connectivity index (χ4v) is 3.46. The normalized spacial score (nSPS) is 19.5. The number of pyridine rings is 1. The van der Waals surface area contributed by atoms with E-state index in [4.69, 9.17) is 0 Å². The maximum atomic E-state index is 12.4. The second-order valence-electron chi connectivity index (χ2n) is 5.69. The highest BCUT2D eigenvalue weighted by Gasteiger charge is 2.36. The number of hydrogen-bond donors (Lipinski definition) is 0. The van der Waals surface area contributed by atoms with Gasteiger partial charge in [0.15, 0.2) is 0 Å². The van der Waals surface area contributed by atoms with Gasteiger partial charge in [-0.1, -0.05) is 30.3 Å². The fraction of sp³-hybridized carbons (Fsp3) is 0.158. The maximum absolute atomic E-state index is 12.4. The third-order valence-electron chi connectivity index (χ3n) is 4.46. The van der Waals surface area contributed by atoms with Crippen molar-refractivity contribution in [1.82, 2.24) is 4.98 Å². The lowest BCUT2D eigenvalue weighted by Crippen LogP contribution is -2.30. The van der Waals surface area contributed by atoms with E-state index in [0.717, 1.165) is 35.3 Å². The summed E-state index contributed by atoms with van der Waals surface area (Å²) in [6.07, 6.45) is 5.16. The first-order valence-electron chi connectivity index (χ1n) is 7.55. The zero-order chi connectivity index (χ0) is 15.8. The number of nitriles is 1. The van der Waals surface area contributed by atoms with Crippen molar-refractivity contribution in [2.24, 2.45) is 10.9 Å². The van der Waals surface area contributed by atoms with Crippen molar-refractivity contribution < 1.29 is 4.79 Å². The van der Waals surface area contributed by atoms with Gasteiger partial charge < -0.3 is 0 Å². The van der Waals surface area contributed by atoms with Gasteiger partial charge in [0, 0.05) is 18.3 Å². The first kappa shape index (κ1) is 13.6. The standard InChI is InChI=1S/C19H13N3O/c20-10-16-17(13-5-3-9-21-11-13)15-8-7-12-4-1-2-6-14(12)18(15)22-19(16)23/h1-6,9,11,15H,7-8H2. The van der Waals surface area contributed by atoms with Gasteiger partial charge in [-0.2, -0.15) is 5.26 Å². The Morgan fingerprint density at radius 3 is 2.83 bits per heavy atom. The van der Waals surface area contributed by atoms with Gasteiger partial charge in [0.05, 0.1) is 5.71 Å². The van der Waals surface area contributed by atoms with Crippen LogP contribution in [0.5, 0.6) is 0 Å². The zero-order valence-electron chi connectivity index (χ0n) is 12.4. The highest BCUT2D eigenvalue weighted by atomic mass is 16.1. The monoisotopic (exact) mass is 299 g/mol. The van der Waals surface area contributed by atoms with E-state index in [1.165, 1.54) is 5.56 Å². The Labute approximate surface area is 133 Å². The number of aromatic nitrogens is 1. The summed E-state index contributed by atoms with van der Waals surface area (Å²) in [5.41, 5.74) is 4.76. The quantitative estimate of drug-likeness (QED) is 0.813. The SMILES string of the molecule is N#CC1=C(c2cccnc2)C2CCc3ccccc3C2=NC1=O. The van der Waals surface area contributed by atoms with Crippen LogP contribution in [0.4, 0.5) is 0 Å². The molecule has 0 spiro atoms. The average Bonchev–Trinajstić information content (AvgIpc) is 2.61. The van der Waals surface area contributed by atoms with E-state index >= 15 is 0 Å². The van der Waals surface area contributed by atoms with E-state index in [1.807, 2.05) is 30.3 Å². The van der Waals surface area contributed by atoms with Crippen LogP contribution in [0.2, 0.25) is 0 Å². The van der Waals surface area contributed by atoms with Crippen LogP contribution in [0.25, 0.3) is 5.57 Å². The number of aryl methyl sites for hydroxylation is 1. The Morgan fingerprint density at radius 1 is 1.17 bits per heavy atom. The number of hydrogen-bond acceptors (Lipinski definition) is 3. The molecule has 1 aliphatic carbocycles. The van der Waals surface area contributed by atoms with Crippen LogP contribution >= 0.6 is 0 Å². The van der Waals surface area contributed by atoms with Crippen LogP contribution in [-0.4, -0.2) is 16.6 Å². The molecule has 110 valence electrons. The van der Waals surface area contributed by atoms with Gasteiger partial charge in [0.2, 0.25) is 0 Å². The number of dihydropyridines is 1. The molecule has 2 heterocycles. The van der Waals surface area contributed by atoms with Crippen molar-refractivity contribution in [2.75, 3.05) is 0 Å². The summed E-state index contributed by atoms with van der Waals surface area (Å²) in [5, 5.41) is 9.46. The molecule has 0 N–H and O–H groups in total. The van der Waals surface area contributed by atoms with Gasteiger partial charge in [0.1, 0.15) is 11.6 Å². The van der Waals surface area contributed by atoms with Crippen molar-refractivity contribution in [2.45, 2.75) is 12.8 Å². The van der Waals surface area contributed by atoms with Crippen molar-refractivity contribution in [3.8, 4) is 6.07 Å². The Morgan fingerprint density at radius 2 is 2.04 bits per heavy atom. The summed E-state index contributed by atoms with van der Waals surface area (Å²) in [4.78, 5) is 20.8. The molecule has 4 rings (SSSR count). The molecule has 1 aromatic heterocycles. The minimum Gasteiger partial charge on any atom is -0.266 e. The first-order chi connectivity index (χ1) is 11.3. The average molecular weight is 299 g/mol. The van der Waals surface area contributed by atoms with Crippen LogP contribution in [0.1, 0.15) is 23.1 Å². The smallest absolute Gasteiger partial charge is 0.266 e. The lowest BCUT2D eigenvalue weighted by Gasteiger charge is -2.31. The summed E-state index contributed by atoms with van der Waals surface area (Å²) >= 11 is 0. The Balaban J connectivity index is 1.93. The van der Waals surface area contributed by atoms with Crippen LogP contribution in [0.15, 0.2) is 59.4 Å². The van der Waals surface area contributed by atoms with Crippen molar-refractivity contribution >= 4 is 17.2 Å². The van der Waals surface area contributed by atoms with Crippen molar-refractivity contribution in [1.29, 1.82) is 5.26 Å². The molecule has 4 nitrogen and oxygen atoms in total. The van der Waals surface area contributed by atoms with Gasteiger partial charge in [-0.25, -0.2) is 4.99 Å².